The Morgan fingerprint density at radius 3 is 2.33 bits per heavy atom. The molecular formula is C16H19NO3S. The van der Waals surface area contributed by atoms with Crippen LogP contribution in [0.3, 0.4) is 0 Å². The van der Waals surface area contributed by atoms with Gasteiger partial charge in [-0.25, -0.2) is 8.42 Å². The van der Waals surface area contributed by atoms with Crippen molar-refractivity contribution in [2.45, 2.75) is 25.2 Å². The number of nitrogens with two attached hydrogens (primary N) is 1. The second-order valence-electron chi connectivity index (χ2n) is 4.92. The molecule has 0 saturated heterocycles. The Balaban J connectivity index is 2.20. The number of aryl methyl sites for hydroxylation is 1. The lowest BCUT2D eigenvalue weighted by molar-refractivity contribution is 0.478. The molecule has 0 fully saturated rings. The van der Waals surface area contributed by atoms with Crippen molar-refractivity contribution >= 4 is 15.5 Å². The normalized spacial score (nSPS) is 11.3. The van der Waals surface area contributed by atoms with E-state index >= 15 is 0 Å². The number of nitrogen functional groups attached to an aromatic ring is 1. The molecule has 2 N–H and O–H groups in total. The van der Waals surface area contributed by atoms with Crippen molar-refractivity contribution in [3.8, 4) is 11.5 Å². The lowest BCUT2D eigenvalue weighted by Gasteiger charge is -2.10. The van der Waals surface area contributed by atoms with Crippen LogP contribution in [-0.4, -0.2) is 14.2 Å². The summed E-state index contributed by atoms with van der Waals surface area (Å²) >= 11 is 0. The molecule has 0 aromatic heterocycles. The zero-order valence-corrected chi connectivity index (χ0v) is 13.0. The lowest BCUT2D eigenvalue weighted by atomic mass is 10.2. The summed E-state index contributed by atoms with van der Waals surface area (Å²) in [6.07, 6.45) is 0.602. The van der Waals surface area contributed by atoms with Crippen molar-refractivity contribution in [1.29, 1.82) is 0 Å². The smallest absolute Gasteiger partial charge is 0.178 e. The van der Waals surface area contributed by atoms with E-state index in [1.54, 1.807) is 36.4 Å². The van der Waals surface area contributed by atoms with E-state index in [-0.39, 0.29) is 5.75 Å². The van der Waals surface area contributed by atoms with Gasteiger partial charge in [0.25, 0.3) is 0 Å². The van der Waals surface area contributed by atoms with Gasteiger partial charge in [0, 0.05) is 5.69 Å². The molecule has 0 aliphatic heterocycles. The number of hydrogen-bond acceptors (Lipinski definition) is 4. The molecule has 0 radical (unpaired) electrons. The molecular weight excluding hydrogens is 286 g/mol. The standard InChI is InChI=1S/C16H19NO3S/c1-3-10-21(18,19)15-7-5-14(6-8-15)20-16-9-4-13(17)11-12(16)2/h4-9,11H,3,10,17H2,1-2H3. The largest absolute Gasteiger partial charge is 0.457 e. The Labute approximate surface area is 125 Å². The molecule has 0 heterocycles. The summed E-state index contributed by atoms with van der Waals surface area (Å²) in [5.74, 6) is 1.45. The molecule has 0 aliphatic carbocycles. The van der Waals surface area contributed by atoms with E-state index in [1.165, 1.54) is 0 Å². The van der Waals surface area contributed by atoms with E-state index in [0.717, 1.165) is 5.56 Å². The monoisotopic (exact) mass is 305 g/mol. The molecule has 0 aliphatic rings. The maximum atomic E-state index is 11.9. The predicted octanol–water partition coefficient (Wildman–Crippen LogP) is 3.55. The van der Waals surface area contributed by atoms with Gasteiger partial charge < -0.3 is 10.5 Å². The molecule has 0 bridgehead atoms. The third-order valence-electron chi connectivity index (χ3n) is 3.08. The van der Waals surface area contributed by atoms with Gasteiger partial charge in [-0.2, -0.15) is 0 Å². The van der Waals surface area contributed by atoms with Gasteiger partial charge in [-0.3, -0.25) is 0 Å². The molecule has 4 nitrogen and oxygen atoms in total. The first-order chi connectivity index (χ1) is 9.92. The fourth-order valence-electron chi connectivity index (χ4n) is 2.02. The molecule has 0 unspecified atom stereocenters. The molecule has 0 atom stereocenters. The quantitative estimate of drug-likeness (QED) is 0.858. The molecule has 21 heavy (non-hydrogen) atoms. The Morgan fingerprint density at radius 2 is 1.76 bits per heavy atom. The second kappa shape index (κ2) is 6.18. The Hall–Kier alpha value is -2.01. The van der Waals surface area contributed by atoms with Crippen molar-refractivity contribution in [2.75, 3.05) is 11.5 Å². The van der Waals surface area contributed by atoms with Crippen LogP contribution in [0.2, 0.25) is 0 Å². The minimum atomic E-state index is -3.19. The van der Waals surface area contributed by atoms with Gasteiger partial charge >= 0.3 is 0 Å². The van der Waals surface area contributed by atoms with Gasteiger partial charge in [-0.15, -0.1) is 0 Å². The minimum absolute atomic E-state index is 0.157. The summed E-state index contributed by atoms with van der Waals surface area (Å²) in [6, 6.07) is 11.9. The van der Waals surface area contributed by atoms with Crippen molar-refractivity contribution in [2.24, 2.45) is 0 Å². The zero-order chi connectivity index (χ0) is 15.5. The van der Waals surface area contributed by atoms with Crippen LogP contribution in [0.1, 0.15) is 18.9 Å². The number of ether oxygens (including phenoxy) is 1. The Morgan fingerprint density at radius 1 is 1.10 bits per heavy atom. The highest BCUT2D eigenvalue weighted by molar-refractivity contribution is 7.91. The predicted molar refractivity (Wildman–Crippen MR) is 84.5 cm³/mol. The first-order valence-electron chi connectivity index (χ1n) is 6.79. The molecule has 0 amide bonds. The van der Waals surface area contributed by atoms with Gasteiger partial charge in [-0.1, -0.05) is 6.92 Å². The van der Waals surface area contributed by atoms with Crippen LogP contribution in [0.5, 0.6) is 11.5 Å². The fourth-order valence-corrected chi connectivity index (χ4v) is 3.34. The van der Waals surface area contributed by atoms with E-state index < -0.39 is 9.84 Å². The van der Waals surface area contributed by atoms with E-state index in [1.807, 2.05) is 19.9 Å². The third kappa shape index (κ3) is 3.76. The van der Waals surface area contributed by atoms with Gasteiger partial charge in [-0.05, 0) is 61.4 Å². The molecule has 2 rings (SSSR count). The summed E-state index contributed by atoms with van der Waals surface area (Å²) in [4.78, 5) is 0.325. The number of benzene rings is 2. The summed E-state index contributed by atoms with van der Waals surface area (Å²) in [6.45, 7) is 3.75. The second-order valence-corrected chi connectivity index (χ2v) is 7.03. The Bertz CT molecular complexity index is 722. The van der Waals surface area contributed by atoms with E-state index in [4.69, 9.17) is 10.5 Å². The number of anilines is 1. The highest BCUT2D eigenvalue weighted by Gasteiger charge is 2.13. The van der Waals surface area contributed by atoms with Crippen molar-refractivity contribution in [1.82, 2.24) is 0 Å². The van der Waals surface area contributed by atoms with Gasteiger partial charge in [0.1, 0.15) is 11.5 Å². The van der Waals surface area contributed by atoms with Gasteiger partial charge in [0.15, 0.2) is 9.84 Å². The average molecular weight is 305 g/mol. The maximum absolute atomic E-state index is 11.9. The average Bonchev–Trinajstić information content (AvgIpc) is 2.42. The fraction of sp³-hybridized carbons (Fsp3) is 0.250. The number of hydrogen-bond donors (Lipinski definition) is 1. The molecule has 112 valence electrons. The van der Waals surface area contributed by atoms with Crippen LogP contribution in [0.4, 0.5) is 5.69 Å². The third-order valence-corrected chi connectivity index (χ3v) is 5.02. The van der Waals surface area contributed by atoms with Gasteiger partial charge in [0.05, 0.1) is 10.6 Å². The van der Waals surface area contributed by atoms with Gasteiger partial charge in [0.2, 0.25) is 0 Å². The summed E-state index contributed by atoms with van der Waals surface area (Å²) in [7, 11) is -3.19. The van der Waals surface area contributed by atoms with Crippen molar-refractivity contribution in [3.05, 3.63) is 48.0 Å². The van der Waals surface area contributed by atoms with Crippen LogP contribution in [0.15, 0.2) is 47.4 Å². The van der Waals surface area contributed by atoms with E-state index in [0.29, 0.717) is 28.5 Å². The highest BCUT2D eigenvalue weighted by Crippen LogP contribution is 2.27. The molecule has 0 spiro atoms. The number of rotatable bonds is 5. The molecule has 2 aromatic carbocycles. The van der Waals surface area contributed by atoms with Crippen LogP contribution in [-0.2, 0) is 9.84 Å². The first kappa shape index (κ1) is 15.4. The van der Waals surface area contributed by atoms with Crippen molar-refractivity contribution in [3.63, 3.8) is 0 Å². The van der Waals surface area contributed by atoms with Crippen molar-refractivity contribution < 1.29 is 13.2 Å². The minimum Gasteiger partial charge on any atom is -0.457 e. The van der Waals surface area contributed by atoms with Crippen LogP contribution < -0.4 is 10.5 Å². The summed E-state index contributed by atoms with van der Waals surface area (Å²) in [5, 5.41) is 0. The number of sulfone groups is 1. The Kier molecular flexibility index (Phi) is 4.53. The topological polar surface area (TPSA) is 69.4 Å². The van der Waals surface area contributed by atoms with E-state index in [9.17, 15) is 8.42 Å². The summed E-state index contributed by atoms with van der Waals surface area (Å²) < 4.78 is 29.6. The van der Waals surface area contributed by atoms with Crippen LogP contribution >= 0.6 is 0 Å². The maximum Gasteiger partial charge on any atom is 0.178 e. The van der Waals surface area contributed by atoms with E-state index in [2.05, 4.69) is 0 Å². The van der Waals surface area contributed by atoms with Crippen LogP contribution in [0, 0.1) is 6.92 Å². The molecule has 0 saturated carbocycles. The van der Waals surface area contributed by atoms with Crippen LogP contribution in [0.25, 0.3) is 0 Å². The lowest BCUT2D eigenvalue weighted by Crippen LogP contribution is -2.05. The highest BCUT2D eigenvalue weighted by atomic mass is 32.2. The molecule has 2 aromatic rings. The molecule has 5 heteroatoms. The first-order valence-corrected chi connectivity index (χ1v) is 8.44. The summed E-state index contributed by atoms with van der Waals surface area (Å²) in [5.41, 5.74) is 7.30. The SMILES string of the molecule is CCCS(=O)(=O)c1ccc(Oc2ccc(N)cc2C)cc1. The zero-order valence-electron chi connectivity index (χ0n) is 12.2.